The van der Waals surface area contributed by atoms with Gasteiger partial charge >= 0.3 is 12.2 Å². The van der Waals surface area contributed by atoms with Crippen molar-refractivity contribution in [1.29, 1.82) is 0 Å². The van der Waals surface area contributed by atoms with E-state index in [1.165, 1.54) is 29.6 Å². The molecule has 4 heterocycles. The molecule has 2 N–H and O–H groups in total. The first kappa shape index (κ1) is 38.5. The van der Waals surface area contributed by atoms with Crippen LogP contribution in [0.25, 0.3) is 10.9 Å². The van der Waals surface area contributed by atoms with Gasteiger partial charge in [0.15, 0.2) is 8.32 Å². The summed E-state index contributed by atoms with van der Waals surface area (Å²) in [5.41, 5.74) is -7.37. The number of rotatable bonds is 3. The third-order valence-electron chi connectivity index (χ3n) is 11.2. The van der Waals surface area contributed by atoms with Gasteiger partial charge in [-0.25, -0.2) is 9.59 Å². The molecule has 53 heavy (non-hydrogen) atoms. The SMILES string of the molecule is CN1C(=O)[C@]2(O)[C@@H](O)[C@]3(c4cn(C(=O)OC(C)(C)C)c5ccccc45)c4ccccc4N(C(=O)OC(C)(C)C)[C@@H]3N2C(=O)C1(C)O[Si](C)(C)C(C)(C)C. The number of hydrogen-bond donors (Lipinski definition) is 2. The number of anilines is 1. The number of carbonyl (C=O) groups is 4. The number of carbonyl (C=O) groups excluding carboxylic acids is 4. The van der Waals surface area contributed by atoms with Crippen LogP contribution in [-0.4, -0.2) is 98.9 Å². The standard InChI is InChI=1S/C39H52N4O9Si/c1-34(2,3)50-32(47)41-22-25(23-18-14-16-20-26(23)41)38-24-19-15-17-21-27(24)42(33(48)51-35(4,5)6)29(38)43-30(45)37(10,52-53(12,13)36(7,8)9)40(11)31(46)39(43,49)28(38)44/h14-22,28-29,44,49H,1-13H3/t28-,29+,37?,38+,39+/m0/s1. The van der Waals surface area contributed by atoms with E-state index in [9.17, 15) is 24.6 Å². The molecule has 286 valence electrons. The van der Waals surface area contributed by atoms with Gasteiger partial charge in [-0.3, -0.25) is 24.0 Å². The second-order valence-electron chi connectivity index (χ2n) is 18.0. The van der Waals surface area contributed by atoms with Crippen LogP contribution in [0.4, 0.5) is 15.3 Å². The van der Waals surface area contributed by atoms with Crippen molar-refractivity contribution in [3.05, 3.63) is 65.9 Å². The third-order valence-corrected chi connectivity index (χ3v) is 15.7. The molecule has 0 spiro atoms. The number of aromatic nitrogens is 1. The van der Waals surface area contributed by atoms with Gasteiger partial charge in [-0.2, -0.15) is 0 Å². The molecule has 1 aromatic heterocycles. The van der Waals surface area contributed by atoms with E-state index in [1.807, 2.05) is 33.9 Å². The fourth-order valence-electron chi connectivity index (χ4n) is 7.72. The molecule has 3 aromatic rings. The summed E-state index contributed by atoms with van der Waals surface area (Å²) < 4.78 is 19.8. The average Bonchev–Trinajstić information content (AvgIpc) is 3.61. The molecule has 3 amide bonds. The van der Waals surface area contributed by atoms with Crippen molar-refractivity contribution in [3.63, 3.8) is 0 Å². The maximum Gasteiger partial charge on any atom is 0.419 e. The minimum Gasteiger partial charge on any atom is -0.443 e. The number of aliphatic hydroxyl groups excluding tert-OH is 1. The Bertz CT molecular complexity index is 2040. The summed E-state index contributed by atoms with van der Waals surface area (Å²) in [6.45, 7) is 21.7. The quantitative estimate of drug-likeness (QED) is 0.313. The van der Waals surface area contributed by atoms with Crippen LogP contribution in [0.5, 0.6) is 0 Å². The van der Waals surface area contributed by atoms with Gasteiger partial charge in [-0.15, -0.1) is 0 Å². The zero-order chi connectivity index (χ0) is 39.6. The number of hydrogen-bond acceptors (Lipinski definition) is 9. The number of benzene rings is 2. The fraction of sp³-hybridized carbons (Fsp3) is 0.538. The van der Waals surface area contributed by atoms with Crippen LogP contribution >= 0.6 is 0 Å². The van der Waals surface area contributed by atoms with Crippen molar-refractivity contribution in [2.24, 2.45) is 0 Å². The van der Waals surface area contributed by atoms with E-state index < -0.39 is 77.7 Å². The predicted octanol–water partition coefficient (Wildman–Crippen LogP) is 5.89. The number of piperazine rings is 1. The number of para-hydroxylation sites is 2. The molecule has 3 aliphatic heterocycles. The Labute approximate surface area is 311 Å². The maximum absolute atomic E-state index is 15.4. The molecular weight excluding hydrogens is 697 g/mol. The van der Waals surface area contributed by atoms with Crippen LogP contribution in [-0.2, 0) is 28.9 Å². The first-order chi connectivity index (χ1) is 24.2. The van der Waals surface area contributed by atoms with Crippen molar-refractivity contribution in [2.45, 2.75) is 128 Å². The molecule has 0 saturated carbocycles. The van der Waals surface area contributed by atoms with Gasteiger partial charge in [0.2, 0.25) is 5.72 Å². The highest BCUT2D eigenvalue weighted by Gasteiger charge is 2.81. The van der Waals surface area contributed by atoms with Gasteiger partial charge in [0.25, 0.3) is 17.5 Å². The third kappa shape index (κ3) is 5.35. The highest BCUT2D eigenvalue weighted by molar-refractivity contribution is 6.74. The number of nitrogens with zero attached hydrogens (tertiary/aromatic N) is 4. The van der Waals surface area contributed by atoms with Crippen molar-refractivity contribution in [3.8, 4) is 0 Å². The molecule has 0 aliphatic carbocycles. The lowest BCUT2D eigenvalue weighted by Gasteiger charge is -2.55. The van der Waals surface area contributed by atoms with Gasteiger partial charge in [0.1, 0.15) is 23.5 Å². The van der Waals surface area contributed by atoms with Crippen molar-refractivity contribution < 1.29 is 43.3 Å². The largest absolute Gasteiger partial charge is 0.443 e. The lowest BCUT2D eigenvalue weighted by molar-refractivity contribution is -0.232. The van der Waals surface area contributed by atoms with Crippen molar-refractivity contribution in [1.82, 2.24) is 14.4 Å². The lowest BCUT2D eigenvalue weighted by atomic mass is 9.69. The summed E-state index contributed by atoms with van der Waals surface area (Å²) in [6, 6.07) is 13.7. The van der Waals surface area contributed by atoms with Crippen LogP contribution in [0.1, 0.15) is 80.4 Å². The molecule has 0 radical (unpaired) electrons. The molecule has 6 rings (SSSR count). The Hall–Kier alpha value is -4.24. The van der Waals surface area contributed by atoms with E-state index >= 15 is 4.79 Å². The topological polar surface area (TPSA) is 151 Å². The second kappa shape index (κ2) is 11.6. The summed E-state index contributed by atoms with van der Waals surface area (Å²) in [7, 11) is -1.46. The molecule has 3 aliphatic rings. The highest BCUT2D eigenvalue weighted by atomic mass is 28.4. The highest BCUT2D eigenvalue weighted by Crippen LogP contribution is 2.63. The second-order valence-corrected chi connectivity index (χ2v) is 22.8. The van der Waals surface area contributed by atoms with Gasteiger partial charge in [0, 0.05) is 18.6 Å². The van der Waals surface area contributed by atoms with E-state index in [0.717, 1.165) is 9.80 Å². The Morgan fingerprint density at radius 1 is 0.811 bits per heavy atom. The Balaban J connectivity index is 1.71. The number of likely N-dealkylation sites (N-methyl/N-ethyl adjacent to an activating group) is 1. The van der Waals surface area contributed by atoms with Crippen LogP contribution in [0.3, 0.4) is 0 Å². The zero-order valence-corrected chi connectivity index (χ0v) is 33.9. The van der Waals surface area contributed by atoms with Crippen LogP contribution in [0.15, 0.2) is 54.7 Å². The van der Waals surface area contributed by atoms with Crippen LogP contribution in [0.2, 0.25) is 18.1 Å². The molecule has 5 atom stereocenters. The molecule has 14 heteroatoms. The van der Waals surface area contributed by atoms with Gasteiger partial charge < -0.3 is 29.0 Å². The van der Waals surface area contributed by atoms with Gasteiger partial charge in [0.05, 0.1) is 16.6 Å². The Morgan fingerprint density at radius 2 is 1.36 bits per heavy atom. The van der Waals surface area contributed by atoms with Crippen molar-refractivity contribution >= 4 is 48.9 Å². The van der Waals surface area contributed by atoms with E-state index in [-0.39, 0.29) is 11.3 Å². The summed E-state index contributed by atoms with van der Waals surface area (Å²) >= 11 is 0. The van der Waals surface area contributed by atoms with E-state index in [1.54, 1.807) is 90.1 Å². The molecule has 2 saturated heterocycles. The molecule has 1 unspecified atom stereocenters. The van der Waals surface area contributed by atoms with Crippen LogP contribution < -0.4 is 4.90 Å². The average molecular weight is 749 g/mol. The molecular formula is C39H52N4O9Si. The minimum atomic E-state index is -2.91. The molecule has 13 nitrogen and oxygen atoms in total. The molecule has 0 bridgehead atoms. The fourth-order valence-corrected chi connectivity index (χ4v) is 9.24. The summed E-state index contributed by atoms with van der Waals surface area (Å²) in [5, 5.41) is 25.9. The van der Waals surface area contributed by atoms with Crippen LogP contribution in [0, 0.1) is 0 Å². The van der Waals surface area contributed by atoms with E-state index in [0.29, 0.717) is 16.5 Å². The smallest absolute Gasteiger partial charge is 0.419 e. The van der Waals surface area contributed by atoms with E-state index in [2.05, 4.69) is 0 Å². The summed E-state index contributed by atoms with van der Waals surface area (Å²) in [5.74, 6) is -1.84. The monoisotopic (exact) mass is 748 g/mol. The maximum atomic E-state index is 15.4. The van der Waals surface area contributed by atoms with Crippen molar-refractivity contribution in [2.75, 3.05) is 11.9 Å². The first-order valence-electron chi connectivity index (χ1n) is 17.8. The Morgan fingerprint density at radius 3 is 1.94 bits per heavy atom. The van der Waals surface area contributed by atoms with Gasteiger partial charge in [-0.05, 0) is 89.9 Å². The summed E-state index contributed by atoms with van der Waals surface area (Å²) in [4.78, 5) is 61.8. The Kier molecular flexibility index (Phi) is 8.44. The lowest BCUT2D eigenvalue weighted by Crippen LogP contribution is -2.79. The van der Waals surface area contributed by atoms with E-state index in [4.69, 9.17) is 13.9 Å². The number of amides is 3. The summed E-state index contributed by atoms with van der Waals surface area (Å²) in [6.07, 6.45) is -3.76. The number of ether oxygens (including phenoxy) is 2. The number of aliphatic hydroxyl groups is 2. The minimum absolute atomic E-state index is 0.271. The molecule has 2 aromatic carbocycles. The normalized spacial score (nSPS) is 27.6. The first-order valence-corrected chi connectivity index (χ1v) is 20.8. The predicted molar refractivity (Wildman–Crippen MR) is 201 cm³/mol. The van der Waals surface area contributed by atoms with Gasteiger partial charge in [-0.1, -0.05) is 57.2 Å². The number of fused-ring (bicyclic) bond motifs is 6. The molecule has 2 fully saturated rings. The zero-order valence-electron chi connectivity index (χ0n) is 32.9.